The van der Waals surface area contributed by atoms with E-state index < -0.39 is 11.7 Å². The molecule has 1 amide bonds. The number of rotatable bonds is 4. The lowest BCUT2D eigenvalue weighted by Gasteiger charge is -2.36. The van der Waals surface area contributed by atoms with Gasteiger partial charge in [0.1, 0.15) is 5.56 Å². The number of hydrogen-bond donors (Lipinski definition) is 0. The van der Waals surface area contributed by atoms with E-state index in [1.54, 1.807) is 15.6 Å². The van der Waals surface area contributed by atoms with Crippen LogP contribution in [0.4, 0.5) is 18.9 Å². The number of benzene rings is 2. The van der Waals surface area contributed by atoms with E-state index in [0.717, 1.165) is 17.8 Å². The average molecular weight is 480 g/mol. The second-order valence-electron chi connectivity index (χ2n) is 8.45. The number of anilines is 1. The lowest BCUT2D eigenvalue weighted by Crippen LogP contribution is -2.49. The molecule has 5 rings (SSSR count). The van der Waals surface area contributed by atoms with Crippen molar-refractivity contribution >= 4 is 11.6 Å². The number of hydrogen-bond acceptors (Lipinski definition) is 3. The Labute approximate surface area is 200 Å². The molecule has 2 aromatic heterocycles. The highest BCUT2D eigenvalue weighted by molar-refractivity contribution is 5.99. The highest BCUT2D eigenvalue weighted by atomic mass is 19.4. The molecule has 0 saturated carbocycles. The van der Waals surface area contributed by atoms with Gasteiger partial charge in [-0.2, -0.15) is 18.3 Å². The van der Waals surface area contributed by atoms with Crippen LogP contribution in [0.25, 0.3) is 11.5 Å². The molecule has 0 spiro atoms. The molecule has 0 atom stereocenters. The van der Waals surface area contributed by atoms with Gasteiger partial charge in [-0.25, -0.2) is 4.68 Å². The zero-order chi connectivity index (χ0) is 24.6. The highest BCUT2D eigenvalue weighted by Gasteiger charge is 2.32. The fraction of sp³-hybridized carbons (Fsp3) is 0.231. The van der Waals surface area contributed by atoms with E-state index in [4.69, 9.17) is 0 Å². The Bertz CT molecular complexity index is 1320. The van der Waals surface area contributed by atoms with Crippen molar-refractivity contribution < 1.29 is 18.0 Å². The summed E-state index contributed by atoms with van der Waals surface area (Å²) in [6.45, 7) is 3.50. The molecule has 1 aliphatic rings. The quantitative estimate of drug-likeness (QED) is 0.416. The molecule has 9 heteroatoms. The van der Waals surface area contributed by atoms with Gasteiger partial charge < -0.3 is 14.4 Å². The molecule has 180 valence electrons. The summed E-state index contributed by atoms with van der Waals surface area (Å²) in [6.07, 6.45) is -0.643. The first-order valence-electron chi connectivity index (χ1n) is 11.3. The number of aromatic nitrogens is 3. The Kier molecular flexibility index (Phi) is 5.84. The standard InChI is InChI=1S/C26H24F3N5O/c1-19-23(24(32-12-5-6-13-32)34(30-19)21-9-3-2-4-10-21)25(35)33-16-14-31(15-17-33)22-11-7-8-20(18-22)26(27,28)29/h2-13,18H,14-17H2,1H3. The smallest absolute Gasteiger partial charge is 0.368 e. The molecule has 0 unspecified atom stereocenters. The van der Waals surface area contributed by atoms with Gasteiger partial charge >= 0.3 is 6.18 Å². The molecule has 4 aromatic rings. The maximum absolute atomic E-state index is 13.7. The molecule has 3 heterocycles. The lowest BCUT2D eigenvalue weighted by molar-refractivity contribution is -0.137. The van der Waals surface area contributed by atoms with Crippen LogP contribution in [0, 0.1) is 6.92 Å². The topological polar surface area (TPSA) is 46.3 Å². The molecule has 1 fully saturated rings. The molecule has 35 heavy (non-hydrogen) atoms. The van der Waals surface area contributed by atoms with Crippen LogP contribution in [-0.2, 0) is 6.18 Å². The van der Waals surface area contributed by atoms with Crippen LogP contribution in [0.15, 0.2) is 79.1 Å². The zero-order valence-corrected chi connectivity index (χ0v) is 19.1. The normalized spacial score (nSPS) is 14.4. The van der Waals surface area contributed by atoms with Crippen LogP contribution < -0.4 is 4.90 Å². The highest BCUT2D eigenvalue weighted by Crippen LogP contribution is 2.32. The van der Waals surface area contributed by atoms with Crippen molar-refractivity contribution in [3.8, 4) is 11.5 Å². The first kappa shape index (κ1) is 22.8. The summed E-state index contributed by atoms with van der Waals surface area (Å²) >= 11 is 0. The van der Waals surface area contributed by atoms with Crippen molar-refractivity contribution in [2.45, 2.75) is 13.1 Å². The van der Waals surface area contributed by atoms with Crippen molar-refractivity contribution in [1.82, 2.24) is 19.2 Å². The van der Waals surface area contributed by atoms with Crippen LogP contribution in [0.3, 0.4) is 0 Å². The Morgan fingerprint density at radius 1 is 0.857 bits per heavy atom. The molecule has 0 N–H and O–H groups in total. The van der Waals surface area contributed by atoms with Gasteiger partial charge in [-0.3, -0.25) is 4.79 Å². The van der Waals surface area contributed by atoms with Gasteiger partial charge in [0, 0.05) is 44.3 Å². The largest absolute Gasteiger partial charge is 0.416 e. The van der Waals surface area contributed by atoms with Crippen LogP contribution in [-0.4, -0.2) is 51.3 Å². The van der Waals surface area contributed by atoms with Crippen molar-refractivity contribution in [1.29, 1.82) is 0 Å². The Balaban J connectivity index is 1.41. The third-order valence-electron chi connectivity index (χ3n) is 6.21. The molecule has 0 aliphatic carbocycles. The van der Waals surface area contributed by atoms with Gasteiger partial charge in [-0.05, 0) is 49.4 Å². The summed E-state index contributed by atoms with van der Waals surface area (Å²) < 4.78 is 43.0. The summed E-state index contributed by atoms with van der Waals surface area (Å²) in [4.78, 5) is 17.3. The Morgan fingerprint density at radius 3 is 2.17 bits per heavy atom. The fourth-order valence-electron chi connectivity index (χ4n) is 4.43. The van der Waals surface area contributed by atoms with Gasteiger partial charge in [-0.15, -0.1) is 0 Å². The predicted molar refractivity (Wildman–Crippen MR) is 127 cm³/mol. The molecule has 1 saturated heterocycles. The van der Waals surface area contributed by atoms with E-state index in [2.05, 4.69) is 5.10 Å². The zero-order valence-electron chi connectivity index (χ0n) is 19.1. The average Bonchev–Trinajstić information content (AvgIpc) is 3.51. The minimum Gasteiger partial charge on any atom is -0.368 e. The summed E-state index contributed by atoms with van der Waals surface area (Å²) in [5, 5.41) is 4.68. The molecule has 0 radical (unpaired) electrons. The molecular formula is C26H24F3N5O. The minimum absolute atomic E-state index is 0.142. The number of halogens is 3. The van der Waals surface area contributed by atoms with Crippen LogP contribution in [0.1, 0.15) is 21.6 Å². The van der Waals surface area contributed by atoms with Crippen molar-refractivity contribution in [3.63, 3.8) is 0 Å². The maximum atomic E-state index is 13.7. The molecule has 6 nitrogen and oxygen atoms in total. The molecule has 2 aromatic carbocycles. The second kappa shape index (κ2) is 8.98. The van der Waals surface area contributed by atoms with Gasteiger partial charge in [0.15, 0.2) is 5.82 Å². The first-order valence-corrected chi connectivity index (χ1v) is 11.3. The van der Waals surface area contributed by atoms with Gasteiger partial charge in [0.25, 0.3) is 5.91 Å². The van der Waals surface area contributed by atoms with Gasteiger partial charge in [0.05, 0.1) is 16.9 Å². The fourth-order valence-corrected chi connectivity index (χ4v) is 4.43. The molecule has 1 aliphatic heterocycles. The van der Waals surface area contributed by atoms with E-state index in [1.165, 1.54) is 6.07 Å². The third kappa shape index (κ3) is 4.41. The monoisotopic (exact) mass is 479 g/mol. The molecular weight excluding hydrogens is 455 g/mol. The third-order valence-corrected chi connectivity index (χ3v) is 6.21. The SMILES string of the molecule is Cc1nn(-c2ccccc2)c(-n2cccc2)c1C(=O)N1CCN(c2cccc(C(F)(F)F)c2)CC1. The van der Waals surface area contributed by atoms with Crippen molar-refractivity contribution in [2.75, 3.05) is 31.1 Å². The summed E-state index contributed by atoms with van der Waals surface area (Å²) in [7, 11) is 0. The number of aryl methyl sites for hydroxylation is 1. The summed E-state index contributed by atoms with van der Waals surface area (Å²) in [5.74, 6) is 0.515. The first-order chi connectivity index (χ1) is 16.8. The number of carbonyl (C=O) groups excluding carboxylic acids is 1. The minimum atomic E-state index is -4.39. The van der Waals surface area contributed by atoms with E-state index in [9.17, 15) is 18.0 Å². The Morgan fingerprint density at radius 2 is 1.51 bits per heavy atom. The van der Waals surface area contributed by atoms with Crippen LogP contribution in [0.5, 0.6) is 0 Å². The number of para-hydroxylation sites is 1. The van der Waals surface area contributed by atoms with Gasteiger partial charge in [-0.1, -0.05) is 24.3 Å². The number of amides is 1. The predicted octanol–water partition coefficient (Wildman–Crippen LogP) is 4.95. The number of piperazine rings is 1. The lowest BCUT2D eigenvalue weighted by atomic mass is 10.1. The number of carbonyl (C=O) groups is 1. The number of alkyl halides is 3. The maximum Gasteiger partial charge on any atom is 0.416 e. The van der Waals surface area contributed by atoms with E-state index in [-0.39, 0.29) is 5.91 Å². The van der Waals surface area contributed by atoms with E-state index in [0.29, 0.717) is 48.9 Å². The summed E-state index contributed by atoms with van der Waals surface area (Å²) in [6, 6.07) is 18.7. The van der Waals surface area contributed by atoms with Crippen LogP contribution >= 0.6 is 0 Å². The summed E-state index contributed by atoms with van der Waals surface area (Å²) in [5.41, 5.74) is 1.80. The second-order valence-corrected chi connectivity index (χ2v) is 8.45. The Hall–Kier alpha value is -4.01. The van der Waals surface area contributed by atoms with Crippen molar-refractivity contribution in [3.05, 3.63) is 95.9 Å². The van der Waals surface area contributed by atoms with E-state index >= 15 is 0 Å². The van der Waals surface area contributed by atoms with Crippen molar-refractivity contribution in [2.24, 2.45) is 0 Å². The number of nitrogens with zero attached hydrogens (tertiary/aromatic N) is 5. The van der Waals surface area contributed by atoms with E-state index in [1.807, 2.05) is 71.2 Å². The molecule has 0 bridgehead atoms. The van der Waals surface area contributed by atoms with Gasteiger partial charge in [0.2, 0.25) is 0 Å². The van der Waals surface area contributed by atoms with Crippen LogP contribution in [0.2, 0.25) is 0 Å².